The Morgan fingerprint density at radius 2 is 1.11 bits per heavy atom. The van der Waals surface area contributed by atoms with Gasteiger partial charge in [0.05, 0.1) is 5.09 Å². The van der Waals surface area contributed by atoms with Gasteiger partial charge in [0.15, 0.2) is 0 Å². The van der Waals surface area contributed by atoms with E-state index in [1.165, 1.54) is 0 Å². The summed E-state index contributed by atoms with van der Waals surface area (Å²) < 4.78 is 0. The van der Waals surface area contributed by atoms with Gasteiger partial charge in [-0.25, -0.2) is 0 Å². The number of quaternary nitrogens is 1. The van der Waals surface area contributed by atoms with Crippen LogP contribution in [0.15, 0.2) is 0 Å². The minimum absolute atomic E-state index is 0. The Morgan fingerprint density at radius 1 is 1.11 bits per heavy atom. The zero-order valence-corrected chi connectivity index (χ0v) is 9.76. The van der Waals surface area contributed by atoms with Crippen molar-refractivity contribution in [1.29, 1.82) is 0 Å². The van der Waals surface area contributed by atoms with Gasteiger partial charge >= 0.3 is 51.4 Å². The van der Waals surface area contributed by atoms with Crippen LogP contribution in [0.3, 0.4) is 0 Å². The minimum Gasteiger partial charge on any atom is -1.00 e. The summed E-state index contributed by atoms with van der Waals surface area (Å²) in [5.74, 6) is 0. The molecule has 0 aliphatic heterocycles. The molecule has 0 aliphatic carbocycles. The number of rotatable bonds is 0. The molecule has 7 nitrogen and oxygen atoms in total. The molecule has 0 aromatic rings. The molecule has 9 heavy (non-hydrogen) atoms. The molecule has 0 radical (unpaired) electrons. The van der Waals surface area contributed by atoms with E-state index in [0.717, 1.165) is 0 Å². The number of hydrogen-bond donors (Lipinski definition) is 1. The van der Waals surface area contributed by atoms with Gasteiger partial charge in [-0.15, -0.1) is 0 Å². The second-order valence-corrected chi connectivity index (χ2v) is 0.224. The molecule has 0 spiro atoms. The summed E-state index contributed by atoms with van der Waals surface area (Å²) in [4.78, 5) is 8.25. The quantitative estimate of drug-likeness (QED) is 0.250. The van der Waals surface area contributed by atoms with E-state index < -0.39 is 5.09 Å². The summed E-state index contributed by atoms with van der Waals surface area (Å²) in [5.41, 5.74) is 0. The molecule has 0 aromatic heterocycles. The van der Waals surface area contributed by atoms with Crippen molar-refractivity contribution in [3.8, 4) is 0 Å². The van der Waals surface area contributed by atoms with Gasteiger partial charge < -0.3 is 49.4 Å². The summed E-state index contributed by atoms with van der Waals surface area (Å²) in [5, 5.41) is 14.8. The van der Waals surface area contributed by atoms with Crippen LogP contribution >= 0.6 is 0 Å². The van der Waals surface area contributed by atoms with Crippen LogP contribution in [-0.4, -0.2) is 16.0 Å². The molecule has 0 aromatic carbocycles. The summed E-state index contributed by atoms with van der Waals surface area (Å²) in [7, 11) is 0. The van der Waals surface area contributed by atoms with Gasteiger partial charge in [-0.1, -0.05) is 0 Å². The van der Waals surface area contributed by atoms with Gasteiger partial charge in [0, 0.05) is 0 Å². The Morgan fingerprint density at radius 3 is 1.11 bits per heavy atom. The molecule has 56 valence electrons. The average Bonchev–Trinajstić information content (AvgIpc) is 0.811. The normalized spacial score (nSPS) is 2.67. The largest absolute Gasteiger partial charge is 1.00 e. The van der Waals surface area contributed by atoms with Gasteiger partial charge in [0.2, 0.25) is 0 Å². The smallest absolute Gasteiger partial charge is 1.00 e. The molecular weight excluding hydrogens is 227 g/mol. The minimum atomic E-state index is -1.75. The van der Waals surface area contributed by atoms with Crippen molar-refractivity contribution in [1.82, 2.24) is 6.15 Å². The van der Waals surface area contributed by atoms with E-state index in [2.05, 4.69) is 0 Å². The first kappa shape index (κ1) is 49.0. The Labute approximate surface area is 104 Å². The molecule has 9 heteroatoms. The topological polar surface area (TPSA) is 166 Å². The van der Waals surface area contributed by atoms with Crippen LogP contribution in [-0.2, 0) is 0 Å². The standard InChI is InChI=1S/BrH.K.NO3.H3N.2H2O/c;;2-1(3)4;;;/h1H;;;1H3;2*1H2/q;+1;-1;;;. The van der Waals surface area contributed by atoms with E-state index >= 15 is 0 Å². The molecule has 0 amide bonds. The molecule has 0 saturated heterocycles. The van der Waals surface area contributed by atoms with E-state index in [1.807, 2.05) is 0 Å². The molecule has 0 atom stereocenters. The number of nitrogens with zero attached hydrogens (tertiary/aromatic N) is 1. The molecule has 0 bridgehead atoms. The van der Waals surface area contributed by atoms with E-state index in [1.54, 1.807) is 0 Å². The molecule has 0 rings (SSSR count). The molecule has 0 heterocycles. The average molecular weight is 235 g/mol. The molecule has 0 fully saturated rings. The van der Waals surface area contributed by atoms with Crippen molar-refractivity contribution < 1.29 is 84.4 Å². The van der Waals surface area contributed by atoms with Crippen LogP contribution < -0.4 is 74.5 Å². The van der Waals surface area contributed by atoms with Gasteiger partial charge in [0.25, 0.3) is 0 Å². The van der Waals surface area contributed by atoms with Crippen molar-refractivity contribution in [3.05, 3.63) is 15.3 Å². The first-order valence-electron chi connectivity index (χ1n) is 0.548. The maximum absolute atomic E-state index is 8.25. The number of hydrogen-bond acceptors (Lipinski definition) is 3. The number of halogens is 1. The van der Waals surface area contributed by atoms with Crippen LogP contribution in [0.5, 0.6) is 0 Å². The zero-order valence-electron chi connectivity index (χ0n) is 5.05. The fourth-order valence-corrected chi connectivity index (χ4v) is 0. The van der Waals surface area contributed by atoms with Gasteiger partial charge in [-0.05, 0) is 0 Å². The molecule has 0 unspecified atom stereocenters. The van der Waals surface area contributed by atoms with Crippen molar-refractivity contribution >= 4 is 0 Å². The summed E-state index contributed by atoms with van der Waals surface area (Å²) in [6.45, 7) is 0. The third-order valence-electron chi connectivity index (χ3n) is 0. The Kier molecular flexibility index (Phi) is 191. The summed E-state index contributed by atoms with van der Waals surface area (Å²) >= 11 is 0. The molecule has 8 N–H and O–H groups in total. The van der Waals surface area contributed by atoms with E-state index in [-0.39, 0.29) is 85.5 Å². The summed E-state index contributed by atoms with van der Waals surface area (Å²) in [6.07, 6.45) is 0. The monoisotopic (exact) mass is 234 g/mol. The van der Waals surface area contributed by atoms with Crippen LogP contribution in [0, 0.1) is 15.3 Å². The first-order chi connectivity index (χ1) is 1.73. The Balaban J connectivity index is -0.00000000450. The Bertz CT molecular complexity index is 37.9. The van der Waals surface area contributed by atoms with Gasteiger partial charge in [-0.3, -0.25) is 0 Å². The molecule has 0 aliphatic rings. The van der Waals surface area contributed by atoms with Crippen molar-refractivity contribution in [2.45, 2.75) is 0 Å². The molecular formula is H8BrKN2O5. The first-order valence-corrected chi connectivity index (χ1v) is 0.548. The van der Waals surface area contributed by atoms with Crippen LogP contribution in [0.2, 0.25) is 0 Å². The maximum atomic E-state index is 8.25. The van der Waals surface area contributed by atoms with E-state index in [0.29, 0.717) is 0 Å². The second kappa shape index (κ2) is 35.1. The maximum Gasteiger partial charge on any atom is 1.00 e. The predicted molar refractivity (Wildman–Crippen MR) is 23.6 cm³/mol. The van der Waals surface area contributed by atoms with Gasteiger partial charge in [-0.2, -0.15) is 0 Å². The van der Waals surface area contributed by atoms with Crippen LogP contribution in [0.1, 0.15) is 0 Å². The SMILES string of the molecule is O.O.O=[N+]([O-])[O-].[Br-].[K+].[NH4+]. The third-order valence-corrected chi connectivity index (χ3v) is 0. The fraction of sp³-hybridized carbons (Fsp3) is 0. The predicted octanol–water partition coefficient (Wildman–Crippen LogP) is -7.50. The van der Waals surface area contributed by atoms with Gasteiger partial charge in [0.1, 0.15) is 0 Å². The van der Waals surface area contributed by atoms with Crippen molar-refractivity contribution in [3.63, 3.8) is 0 Å². The van der Waals surface area contributed by atoms with E-state index in [4.69, 9.17) is 15.3 Å². The fourth-order valence-electron chi connectivity index (χ4n) is 0. The molecule has 0 saturated carbocycles. The second-order valence-electron chi connectivity index (χ2n) is 0.224. The van der Waals surface area contributed by atoms with Crippen LogP contribution in [0.4, 0.5) is 0 Å². The Hall–Kier alpha value is 1.20. The van der Waals surface area contributed by atoms with Crippen molar-refractivity contribution in [2.75, 3.05) is 0 Å². The van der Waals surface area contributed by atoms with Crippen LogP contribution in [0.25, 0.3) is 0 Å². The summed E-state index contributed by atoms with van der Waals surface area (Å²) in [6, 6.07) is 0. The zero-order chi connectivity index (χ0) is 3.58. The van der Waals surface area contributed by atoms with E-state index in [9.17, 15) is 0 Å². The third kappa shape index (κ3) is 333. The van der Waals surface area contributed by atoms with Crippen molar-refractivity contribution in [2.24, 2.45) is 0 Å².